The number of halogens is 3. The average molecular weight is 813 g/mol. The van der Waals surface area contributed by atoms with Crippen LogP contribution in [0.25, 0.3) is 0 Å². The van der Waals surface area contributed by atoms with Crippen molar-refractivity contribution in [1.82, 2.24) is 0 Å². The lowest BCUT2D eigenvalue weighted by atomic mass is 9.36. The van der Waals surface area contributed by atoms with Gasteiger partial charge >= 0.3 is 6.18 Å². The summed E-state index contributed by atoms with van der Waals surface area (Å²) in [6.45, 7) is 12.8. The molecule has 8 unspecified atom stereocenters. The number of fused-ring (bicyclic) bond motifs is 7. The summed E-state index contributed by atoms with van der Waals surface area (Å²) in [5, 5.41) is 66.3. The Hall–Kier alpha value is -1.58. The van der Waals surface area contributed by atoms with Crippen molar-refractivity contribution in [3.8, 4) is 0 Å². The number of hydrogen-bond acceptors (Lipinski definition) is 9. The summed E-state index contributed by atoms with van der Waals surface area (Å²) in [6, 6.07) is 3.45. The number of hydrogen-bond donors (Lipinski definition) is 6. The number of alkyl halides is 3. The fraction of sp³-hybridized carbons (Fsp3) is 0.814. The normalized spacial score (nSPS) is 44.4. The minimum absolute atomic E-state index is 0.0172. The molecule has 0 aliphatic heterocycles. The quantitative estimate of drug-likeness (QED) is 0.138. The highest BCUT2D eigenvalue weighted by Crippen LogP contribution is 2.73. The Labute approximate surface area is 329 Å². The van der Waals surface area contributed by atoms with Gasteiger partial charge in [0.05, 0.1) is 53.7 Å². The van der Waals surface area contributed by atoms with E-state index in [0.29, 0.717) is 19.3 Å². The number of benzene rings is 1. The number of rotatable bonds is 7. The molecule has 0 aromatic heterocycles. The first-order valence-corrected chi connectivity index (χ1v) is 22.1. The van der Waals surface area contributed by atoms with Gasteiger partial charge in [-0.3, -0.25) is 4.18 Å². The highest BCUT2D eigenvalue weighted by Gasteiger charge is 2.67. The predicted molar refractivity (Wildman–Crippen MR) is 202 cm³/mol. The van der Waals surface area contributed by atoms with Gasteiger partial charge in [0.1, 0.15) is 0 Å². The second-order valence-electron chi connectivity index (χ2n) is 20.6. The smallest absolute Gasteiger partial charge is 0.396 e. The molecule has 5 fully saturated rings. The summed E-state index contributed by atoms with van der Waals surface area (Å²) < 4.78 is 72.4. The lowest BCUT2D eigenvalue weighted by molar-refractivity contribution is -0.194. The van der Waals surface area contributed by atoms with Crippen LogP contribution in [0.5, 0.6) is 0 Å². The summed E-state index contributed by atoms with van der Waals surface area (Å²) >= 11 is 0. The SMILES string of the molecule is CC1(C)CC[C@]2([C@H](O)[C@@H](O)C3C(O)C(CO)[C@H](O)C3O)CCC3C(=CCC4[C@@]3(C)CCC3C(C)(C)[C@@H](OS(=O)(=O)c5ccc(C(F)(F)F)cc5)CC[C@@]34C)C2C1. The Kier molecular flexibility index (Phi) is 10.6. The Bertz CT molecular complexity index is 1780. The topological polar surface area (TPSA) is 165 Å². The van der Waals surface area contributed by atoms with Gasteiger partial charge < -0.3 is 30.6 Å². The second-order valence-corrected chi connectivity index (χ2v) is 22.2. The number of aliphatic hydroxyl groups is 6. The van der Waals surface area contributed by atoms with Gasteiger partial charge in [-0.15, -0.1) is 0 Å². The highest BCUT2D eigenvalue weighted by atomic mass is 32.2. The minimum Gasteiger partial charge on any atom is -0.396 e. The molecule has 6 aliphatic rings. The Balaban J connectivity index is 1.15. The molecule has 0 amide bonds. The first-order chi connectivity index (χ1) is 25.9. The zero-order chi connectivity index (χ0) is 41.2. The highest BCUT2D eigenvalue weighted by molar-refractivity contribution is 7.86. The third-order valence-electron chi connectivity index (χ3n) is 17.1. The molecular weight excluding hydrogens is 750 g/mol. The maximum atomic E-state index is 13.5. The standard InChI is InChI=1S/C43H63F3O9S/c1-38(2)19-20-42(37(52)36(51)32-33(48)26(22-47)34(49)35(32)50)18-13-27-25(28(42)21-38)11-12-30-40(27,5)16-14-29-39(3,4)31(15-17-41(29,30)6)55-56(53,54)24-9-7-23(8-10-24)43(44,45)46/h7-11,26-37,47-52H,12-22H2,1-6H3/t26?,27?,28?,29?,30?,31-,32?,33?,34-,35?,36-,37+,40-,41-,42+/m0/s1. The Morgan fingerprint density at radius 1 is 0.804 bits per heavy atom. The fourth-order valence-corrected chi connectivity index (χ4v) is 15.2. The van der Waals surface area contributed by atoms with Crippen molar-refractivity contribution in [3.05, 3.63) is 41.5 Å². The van der Waals surface area contributed by atoms with Crippen LogP contribution in [0, 0.1) is 62.6 Å². The van der Waals surface area contributed by atoms with Crippen LogP contribution in [0.2, 0.25) is 0 Å². The zero-order valence-electron chi connectivity index (χ0n) is 33.5. The van der Waals surface area contributed by atoms with Crippen molar-refractivity contribution in [2.24, 2.45) is 62.6 Å². The van der Waals surface area contributed by atoms with Gasteiger partial charge in [0.2, 0.25) is 0 Å². The molecule has 316 valence electrons. The Morgan fingerprint density at radius 2 is 1.45 bits per heavy atom. The van der Waals surface area contributed by atoms with E-state index < -0.39 is 87.8 Å². The van der Waals surface area contributed by atoms with Crippen molar-refractivity contribution in [3.63, 3.8) is 0 Å². The van der Waals surface area contributed by atoms with Gasteiger partial charge in [-0.05, 0) is 134 Å². The van der Waals surface area contributed by atoms with Crippen molar-refractivity contribution in [2.45, 2.75) is 153 Å². The van der Waals surface area contributed by atoms with Crippen LogP contribution >= 0.6 is 0 Å². The van der Waals surface area contributed by atoms with Crippen LogP contribution in [-0.2, 0) is 20.5 Å². The maximum Gasteiger partial charge on any atom is 0.416 e. The first-order valence-electron chi connectivity index (χ1n) is 20.7. The van der Waals surface area contributed by atoms with E-state index in [1.807, 2.05) is 0 Å². The maximum absolute atomic E-state index is 13.5. The fourth-order valence-electron chi connectivity index (χ4n) is 14.0. The largest absolute Gasteiger partial charge is 0.416 e. The summed E-state index contributed by atoms with van der Waals surface area (Å²) in [4.78, 5) is -0.296. The van der Waals surface area contributed by atoms with E-state index in [9.17, 15) is 52.2 Å². The van der Waals surface area contributed by atoms with Crippen LogP contribution in [0.4, 0.5) is 13.2 Å². The summed E-state index contributed by atoms with van der Waals surface area (Å²) in [5.74, 6) is -1.62. The molecular formula is C43H63F3O9S. The molecule has 1 aromatic rings. The molecule has 1 aromatic carbocycles. The molecule has 6 N–H and O–H groups in total. The van der Waals surface area contributed by atoms with Gasteiger partial charge in [-0.1, -0.05) is 53.2 Å². The van der Waals surface area contributed by atoms with Gasteiger partial charge in [-0.2, -0.15) is 21.6 Å². The molecule has 15 atom stereocenters. The lowest BCUT2D eigenvalue weighted by Gasteiger charge is -2.68. The van der Waals surface area contributed by atoms with E-state index >= 15 is 0 Å². The van der Waals surface area contributed by atoms with Crippen LogP contribution < -0.4 is 0 Å². The van der Waals surface area contributed by atoms with Crippen LogP contribution in [-0.4, -0.2) is 82.3 Å². The number of aliphatic hydroxyl groups excluding tert-OH is 6. The molecule has 9 nitrogen and oxygen atoms in total. The summed E-state index contributed by atoms with van der Waals surface area (Å²) in [5.41, 5.74) is -1.09. The van der Waals surface area contributed by atoms with E-state index in [-0.39, 0.29) is 44.8 Å². The third-order valence-corrected chi connectivity index (χ3v) is 18.4. The van der Waals surface area contributed by atoms with Crippen LogP contribution in [0.3, 0.4) is 0 Å². The van der Waals surface area contributed by atoms with E-state index in [4.69, 9.17) is 4.18 Å². The van der Waals surface area contributed by atoms with Crippen molar-refractivity contribution in [1.29, 1.82) is 0 Å². The average Bonchev–Trinajstić information content (AvgIpc) is 3.33. The monoisotopic (exact) mass is 812 g/mol. The molecule has 0 heterocycles. The minimum atomic E-state index is -4.58. The van der Waals surface area contributed by atoms with E-state index in [1.165, 1.54) is 5.57 Å². The molecule has 0 saturated heterocycles. The van der Waals surface area contributed by atoms with E-state index in [1.54, 1.807) is 0 Å². The second kappa shape index (κ2) is 14.0. The molecule has 5 saturated carbocycles. The summed E-state index contributed by atoms with van der Waals surface area (Å²) in [6.07, 6.45) is -2.27. The van der Waals surface area contributed by atoms with E-state index in [2.05, 4.69) is 47.6 Å². The van der Waals surface area contributed by atoms with Crippen molar-refractivity contribution >= 4 is 10.1 Å². The van der Waals surface area contributed by atoms with Gasteiger partial charge in [0, 0.05) is 17.3 Å². The Morgan fingerprint density at radius 3 is 2.05 bits per heavy atom. The van der Waals surface area contributed by atoms with Gasteiger partial charge in [-0.25, -0.2) is 0 Å². The summed E-state index contributed by atoms with van der Waals surface area (Å²) in [7, 11) is -4.33. The molecule has 13 heteroatoms. The lowest BCUT2D eigenvalue weighted by Crippen LogP contribution is -2.63. The first kappa shape index (κ1) is 42.5. The molecule has 7 rings (SSSR count). The molecule has 0 spiro atoms. The van der Waals surface area contributed by atoms with Crippen molar-refractivity contribution < 1.29 is 56.4 Å². The molecule has 0 bridgehead atoms. The van der Waals surface area contributed by atoms with Crippen molar-refractivity contribution in [2.75, 3.05) is 6.61 Å². The predicted octanol–water partition coefficient (Wildman–Crippen LogP) is 6.23. The van der Waals surface area contributed by atoms with E-state index in [0.717, 1.165) is 69.2 Å². The van der Waals surface area contributed by atoms with Crippen LogP contribution in [0.1, 0.15) is 111 Å². The third kappa shape index (κ3) is 6.46. The number of allylic oxidation sites excluding steroid dienone is 2. The molecule has 0 radical (unpaired) electrons. The molecule has 6 aliphatic carbocycles. The van der Waals surface area contributed by atoms with Crippen LogP contribution in [0.15, 0.2) is 40.8 Å². The van der Waals surface area contributed by atoms with Gasteiger partial charge in [0.25, 0.3) is 10.1 Å². The van der Waals surface area contributed by atoms with Gasteiger partial charge in [0.15, 0.2) is 0 Å². The zero-order valence-corrected chi connectivity index (χ0v) is 34.4. The molecule has 56 heavy (non-hydrogen) atoms.